The van der Waals surface area contributed by atoms with E-state index in [1.165, 1.54) is 0 Å². The van der Waals surface area contributed by atoms with E-state index in [2.05, 4.69) is 65.3 Å². The van der Waals surface area contributed by atoms with E-state index in [-0.39, 0.29) is 0 Å². The van der Waals surface area contributed by atoms with Gasteiger partial charge in [-0.25, -0.2) is 0 Å². The van der Waals surface area contributed by atoms with Crippen molar-refractivity contribution in [2.75, 3.05) is 0 Å². The second kappa shape index (κ2) is 6.14. The van der Waals surface area contributed by atoms with Gasteiger partial charge in [-0.2, -0.15) is 25.3 Å². The third kappa shape index (κ3) is 4.85. The molecule has 0 aromatic rings. The van der Waals surface area contributed by atoms with Gasteiger partial charge in [-0.15, -0.1) is 0 Å². The molecule has 0 aromatic heterocycles. The zero-order valence-electron chi connectivity index (χ0n) is 10.9. The molecular formula is C10H26OS2Si2. The Labute approximate surface area is 108 Å². The highest BCUT2D eigenvalue weighted by atomic mass is 32.1. The van der Waals surface area contributed by atoms with Gasteiger partial charge >= 0.3 is 0 Å². The Hall–Kier alpha value is 1.09. The molecule has 0 heterocycles. The fourth-order valence-electron chi connectivity index (χ4n) is 1.80. The summed E-state index contributed by atoms with van der Waals surface area (Å²) in [6.45, 7) is 13.5. The van der Waals surface area contributed by atoms with Gasteiger partial charge < -0.3 is 4.12 Å². The second-order valence-electron chi connectivity index (χ2n) is 5.16. The van der Waals surface area contributed by atoms with Crippen LogP contribution in [0.15, 0.2) is 0 Å². The molecule has 0 saturated carbocycles. The summed E-state index contributed by atoms with van der Waals surface area (Å²) < 4.78 is 6.46. The van der Waals surface area contributed by atoms with E-state index in [0.29, 0.717) is 9.75 Å². The van der Waals surface area contributed by atoms with Crippen LogP contribution in [0.1, 0.15) is 26.7 Å². The lowest BCUT2D eigenvalue weighted by Crippen LogP contribution is -2.54. The standard InChI is InChI=1S/C10H26OS2Si2/c1-7-9(12)14(3,4)11-15(5,6)10(13)8-2/h9-10,12-13H,7-8H2,1-6H3. The van der Waals surface area contributed by atoms with Crippen LogP contribution in [0, 0.1) is 0 Å². The van der Waals surface area contributed by atoms with Crippen LogP contribution in [0.5, 0.6) is 0 Å². The van der Waals surface area contributed by atoms with E-state index in [4.69, 9.17) is 4.12 Å². The van der Waals surface area contributed by atoms with Gasteiger partial charge in [0.05, 0.1) is 0 Å². The first-order chi connectivity index (χ1) is 6.67. The van der Waals surface area contributed by atoms with Gasteiger partial charge in [-0.3, -0.25) is 0 Å². The molecule has 2 unspecified atom stereocenters. The highest BCUT2D eigenvalue weighted by Crippen LogP contribution is 2.27. The van der Waals surface area contributed by atoms with Crippen molar-refractivity contribution in [1.29, 1.82) is 0 Å². The predicted molar refractivity (Wildman–Crippen MR) is 82.2 cm³/mol. The first-order valence-corrected chi connectivity index (χ1v) is 12.7. The molecule has 0 saturated heterocycles. The average Bonchev–Trinajstić information content (AvgIpc) is 2.13. The Morgan fingerprint density at radius 1 is 0.867 bits per heavy atom. The van der Waals surface area contributed by atoms with Gasteiger partial charge in [-0.1, -0.05) is 13.8 Å². The first-order valence-electron chi connectivity index (χ1n) is 5.73. The van der Waals surface area contributed by atoms with Crippen molar-refractivity contribution in [1.82, 2.24) is 0 Å². The summed E-state index contributed by atoms with van der Waals surface area (Å²) >= 11 is 9.31. The number of rotatable bonds is 6. The topological polar surface area (TPSA) is 9.23 Å². The fraction of sp³-hybridized carbons (Fsp3) is 1.00. The Morgan fingerprint density at radius 2 is 1.13 bits per heavy atom. The summed E-state index contributed by atoms with van der Waals surface area (Å²) in [5.41, 5.74) is 0. The molecule has 0 radical (unpaired) electrons. The van der Waals surface area contributed by atoms with Crippen molar-refractivity contribution in [2.24, 2.45) is 0 Å². The molecule has 1 nitrogen and oxygen atoms in total. The summed E-state index contributed by atoms with van der Waals surface area (Å²) in [6, 6.07) is 0. The highest BCUT2D eigenvalue weighted by Gasteiger charge is 2.39. The average molecular weight is 283 g/mol. The van der Waals surface area contributed by atoms with Gasteiger partial charge in [0.2, 0.25) is 0 Å². The maximum absolute atomic E-state index is 6.46. The van der Waals surface area contributed by atoms with Crippen molar-refractivity contribution in [3.05, 3.63) is 0 Å². The summed E-state index contributed by atoms with van der Waals surface area (Å²) in [7, 11) is -3.29. The van der Waals surface area contributed by atoms with Crippen LogP contribution in [-0.2, 0) is 4.12 Å². The SMILES string of the molecule is CCC(S)[Si](C)(C)O[Si](C)(C)C(S)CC. The van der Waals surface area contributed by atoms with Crippen LogP contribution in [0.2, 0.25) is 26.2 Å². The quantitative estimate of drug-likeness (QED) is 0.555. The normalized spacial score (nSPS) is 17.6. The summed E-state index contributed by atoms with van der Waals surface area (Å²) in [4.78, 5) is 0.864. The molecule has 0 aliphatic rings. The minimum atomic E-state index is -1.64. The largest absolute Gasteiger partial charge is 0.454 e. The third-order valence-corrected chi connectivity index (χ3v) is 15.6. The van der Waals surface area contributed by atoms with Crippen LogP contribution in [-0.4, -0.2) is 26.4 Å². The molecule has 0 spiro atoms. The summed E-state index contributed by atoms with van der Waals surface area (Å²) in [6.07, 6.45) is 2.19. The molecule has 0 bridgehead atoms. The fourth-order valence-corrected chi connectivity index (χ4v) is 11.2. The molecule has 15 heavy (non-hydrogen) atoms. The molecule has 0 rings (SSSR count). The van der Waals surface area contributed by atoms with Crippen LogP contribution >= 0.6 is 25.3 Å². The van der Waals surface area contributed by atoms with Gasteiger partial charge in [0.1, 0.15) is 0 Å². The summed E-state index contributed by atoms with van der Waals surface area (Å²) in [5, 5.41) is 0. The Kier molecular flexibility index (Phi) is 6.59. The minimum absolute atomic E-state index is 0.432. The molecule has 0 amide bonds. The Bertz CT molecular complexity index is 178. The molecule has 2 atom stereocenters. The maximum atomic E-state index is 6.46. The number of thiol groups is 2. The van der Waals surface area contributed by atoms with Crippen molar-refractivity contribution in [3.8, 4) is 0 Å². The van der Waals surface area contributed by atoms with Crippen LogP contribution in [0.4, 0.5) is 0 Å². The summed E-state index contributed by atoms with van der Waals surface area (Å²) in [5.74, 6) is 0. The van der Waals surface area contributed by atoms with E-state index in [9.17, 15) is 0 Å². The van der Waals surface area contributed by atoms with Gasteiger partial charge in [0.25, 0.3) is 0 Å². The maximum Gasteiger partial charge on any atom is 0.186 e. The van der Waals surface area contributed by atoms with E-state index in [0.717, 1.165) is 12.8 Å². The van der Waals surface area contributed by atoms with E-state index < -0.39 is 16.6 Å². The molecule has 0 N–H and O–H groups in total. The van der Waals surface area contributed by atoms with Crippen LogP contribution < -0.4 is 0 Å². The van der Waals surface area contributed by atoms with Crippen molar-refractivity contribution in [3.63, 3.8) is 0 Å². The van der Waals surface area contributed by atoms with Gasteiger partial charge in [-0.05, 0) is 39.0 Å². The zero-order chi connectivity index (χ0) is 12.3. The predicted octanol–water partition coefficient (Wildman–Crippen LogP) is 3.91. The lowest BCUT2D eigenvalue weighted by atomic mass is 10.6. The van der Waals surface area contributed by atoms with E-state index >= 15 is 0 Å². The molecule has 0 aliphatic heterocycles. The zero-order valence-corrected chi connectivity index (χ0v) is 14.7. The number of hydrogen-bond donors (Lipinski definition) is 2. The van der Waals surface area contributed by atoms with Crippen LogP contribution in [0.25, 0.3) is 0 Å². The second-order valence-corrected chi connectivity index (χ2v) is 16.0. The molecule has 92 valence electrons. The Balaban J connectivity index is 4.56. The van der Waals surface area contributed by atoms with Crippen molar-refractivity contribution in [2.45, 2.75) is 62.6 Å². The monoisotopic (exact) mass is 282 g/mol. The smallest absolute Gasteiger partial charge is 0.186 e. The lowest BCUT2D eigenvalue weighted by molar-refractivity contribution is 0.528. The Morgan fingerprint density at radius 3 is 1.33 bits per heavy atom. The van der Waals surface area contributed by atoms with E-state index in [1.807, 2.05) is 0 Å². The van der Waals surface area contributed by atoms with Crippen molar-refractivity contribution < 1.29 is 4.12 Å². The number of hydrogen-bond acceptors (Lipinski definition) is 3. The molecular weight excluding hydrogens is 256 g/mol. The van der Waals surface area contributed by atoms with Crippen molar-refractivity contribution >= 4 is 41.9 Å². The van der Waals surface area contributed by atoms with Crippen LogP contribution in [0.3, 0.4) is 0 Å². The molecule has 5 heteroatoms. The lowest BCUT2D eigenvalue weighted by Gasteiger charge is -2.39. The molecule has 0 aliphatic carbocycles. The van der Waals surface area contributed by atoms with Gasteiger partial charge in [0.15, 0.2) is 16.6 Å². The first kappa shape index (κ1) is 16.1. The van der Waals surface area contributed by atoms with Gasteiger partial charge in [0, 0.05) is 9.75 Å². The third-order valence-electron chi connectivity index (χ3n) is 2.90. The van der Waals surface area contributed by atoms with E-state index in [1.54, 1.807) is 0 Å². The highest BCUT2D eigenvalue weighted by molar-refractivity contribution is 7.83. The minimum Gasteiger partial charge on any atom is -0.454 e. The molecule has 0 aromatic carbocycles. The molecule has 0 fully saturated rings.